The molecule has 7 heteroatoms. The van der Waals surface area contributed by atoms with E-state index in [9.17, 15) is 0 Å². The summed E-state index contributed by atoms with van der Waals surface area (Å²) in [4.78, 5) is 16.8. The van der Waals surface area contributed by atoms with E-state index in [4.69, 9.17) is 19.4 Å². The van der Waals surface area contributed by atoms with Gasteiger partial charge in [0.1, 0.15) is 17.4 Å². The lowest BCUT2D eigenvalue weighted by molar-refractivity contribution is 0.122. The Morgan fingerprint density at radius 1 is 1.03 bits per heavy atom. The molecule has 166 valence electrons. The molecule has 2 fully saturated rings. The van der Waals surface area contributed by atoms with Crippen molar-refractivity contribution in [2.45, 2.75) is 18.9 Å². The number of ether oxygens (including phenoxy) is 2. The normalized spacial score (nSPS) is 18.5. The van der Waals surface area contributed by atoms with E-state index in [1.807, 2.05) is 30.3 Å². The molecule has 2 aliphatic heterocycles. The molecule has 1 aromatic heterocycles. The molecule has 0 saturated carbocycles. The second kappa shape index (κ2) is 10.1. The van der Waals surface area contributed by atoms with Gasteiger partial charge in [0.15, 0.2) is 5.82 Å². The van der Waals surface area contributed by atoms with Crippen LogP contribution < -0.4 is 14.5 Å². The van der Waals surface area contributed by atoms with Crippen molar-refractivity contribution in [3.05, 3.63) is 41.7 Å². The number of nitrogens with zero attached hydrogens (tertiary/aromatic N) is 5. The zero-order valence-corrected chi connectivity index (χ0v) is 18.8. The number of aromatic nitrogens is 2. The Morgan fingerprint density at radius 3 is 2.42 bits per heavy atom. The summed E-state index contributed by atoms with van der Waals surface area (Å²) in [6.45, 7) is 5.44. The lowest BCUT2D eigenvalue weighted by Gasteiger charge is -2.36. The summed E-state index contributed by atoms with van der Waals surface area (Å²) in [7, 11) is 6.04. The highest BCUT2D eigenvalue weighted by Crippen LogP contribution is 2.25. The van der Waals surface area contributed by atoms with Gasteiger partial charge >= 0.3 is 0 Å². The van der Waals surface area contributed by atoms with E-state index in [0.29, 0.717) is 6.04 Å². The molecule has 2 aliphatic rings. The SMILES string of the molecule is COc1ccc(C=Cc2nc(N3CCOCC3)cc(N(C)C3CCN(C)CC3)n2)cc1. The van der Waals surface area contributed by atoms with Crippen LogP contribution in [0, 0.1) is 0 Å². The van der Waals surface area contributed by atoms with Crippen LogP contribution in [-0.4, -0.2) is 81.5 Å². The smallest absolute Gasteiger partial charge is 0.156 e. The van der Waals surface area contributed by atoms with Crippen molar-refractivity contribution in [1.29, 1.82) is 0 Å². The van der Waals surface area contributed by atoms with E-state index in [1.54, 1.807) is 7.11 Å². The maximum absolute atomic E-state index is 5.53. The predicted molar refractivity (Wildman–Crippen MR) is 126 cm³/mol. The highest BCUT2D eigenvalue weighted by molar-refractivity contribution is 5.68. The zero-order chi connectivity index (χ0) is 21.6. The van der Waals surface area contributed by atoms with E-state index < -0.39 is 0 Å². The van der Waals surface area contributed by atoms with E-state index >= 15 is 0 Å². The summed E-state index contributed by atoms with van der Waals surface area (Å²) in [5.41, 5.74) is 1.09. The fourth-order valence-corrected chi connectivity index (χ4v) is 4.10. The summed E-state index contributed by atoms with van der Waals surface area (Å²) in [6, 6.07) is 10.6. The number of morpholine rings is 1. The largest absolute Gasteiger partial charge is 0.497 e. The zero-order valence-electron chi connectivity index (χ0n) is 18.8. The lowest BCUT2D eigenvalue weighted by atomic mass is 10.0. The van der Waals surface area contributed by atoms with Gasteiger partial charge in [-0.15, -0.1) is 0 Å². The molecule has 31 heavy (non-hydrogen) atoms. The Hall–Kier alpha value is -2.64. The second-order valence-electron chi connectivity index (χ2n) is 8.29. The Kier molecular flexibility index (Phi) is 7.04. The molecular weight excluding hydrogens is 390 g/mol. The first-order valence-corrected chi connectivity index (χ1v) is 11.1. The van der Waals surface area contributed by atoms with Crippen molar-refractivity contribution >= 4 is 23.8 Å². The van der Waals surface area contributed by atoms with Crippen molar-refractivity contribution < 1.29 is 9.47 Å². The summed E-state index contributed by atoms with van der Waals surface area (Å²) >= 11 is 0. The molecule has 0 amide bonds. The van der Waals surface area contributed by atoms with Crippen molar-refractivity contribution in [1.82, 2.24) is 14.9 Å². The third-order valence-corrected chi connectivity index (χ3v) is 6.19. The fourth-order valence-electron chi connectivity index (χ4n) is 4.10. The minimum atomic E-state index is 0.502. The fraction of sp³-hybridized carbons (Fsp3) is 0.500. The average Bonchev–Trinajstić information content (AvgIpc) is 2.83. The van der Waals surface area contributed by atoms with Crippen molar-refractivity contribution in [3.63, 3.8) is 0 Å². The molecule has 1 aromatic carbocycles. The Morgan fingerprint density at radius 2 is 1.74 bits per heavy atom. The summed E-state index contributed by atoms with van der Waals surface area (Å²) in [5, 5.41) is 0. The van der Waals surface area contributed by atoms with Gasteiger partial charge < -0.3 is 24.2 Å². The first kappa shape index (κ1) is 21.6. The predicted octanol–water partition coefficient (Wildman–Crippen LogP) is 3.02. The molecule has 0 bridgehead atoms. The number of methoxy groups -OCH3 is 1. The van der Waals surface area contributed by atoms with Gasteiger partial charge in [-0.3, -0.25) is 0 Å². The molecule has 2 saturated heterocycles. The number of hydrogen-bond donors (Lipinski definition) is 0. The van der Waals surface area contributed by atoms with Crippen molar-refractivity contribution in [3.8, 4) is 5.75 Å². The molecule has 0 atom stereocenters. The maximum atomic E-state index is 5.53. The van der Waals surface area contributed by atoms with E-state index in [0.717, 1.165) is 81.0 Å². The van der Waals surface area contributed by atoms with Gasteiger partial charge in [-0.2, -0.15) is 0 Å². The van der Waals surface area contributed by atoms with Gasteiger partial charge in [-0.1, -0.05) is 18.2 Å². The quantitative estimate of drug-likeness (QED) is 0.708. The van der Waals surface area contributed by atoms with E-state index in [1.165, 1.54) is 0 Å². The molecule has 0 spiro atoms. The molecule has 7 nitrogen and oxygen atoms in total. The van der Waals surface area contributed by atoms with E-state index in [-0.39, 0.29) is 0 Å². The Balaban J connectivity index is 1.59. The van der Waals surface area contributed by atoms with Gasteiger partial charge in [-0.05, 0) is 56.8 Å². The van der Waals surface area contributed by atoms with E-state index in [2.05, 4.69) is 40.9 Å². The average molecular weight is 424 g/mol. The van der Waals surface area contributed by atoms with Crippen molar-refractivity contribution in [2.24, 2.45) is 0 Å². The number of benzene rings is 1. The lowest BCUT2D eigenvalue weighted by Crippen LogP contribution is -2.42. The minimum Gasteiger partial charge on any atom is -0.497 e. The van der Waals surface area contributed by atoms with Crippen LogP contribution in [0.1, 0.15) is 24.2 Å². The third-order valence-electron chi connectivity index (χ3n) is 6.19. The number of piperidine rings is 1. The molecular formula is C24H33N5O2. The standard InChI is InChI=1S/C24H33N5O2/c1-27-12-10-20(11-13-27)28(2)23-18-24(29-14-16-31-17-15-29)26-22(25-23)9-6-19-4-7-21(30-3)8-5-19/h4-9,18,20H,10-17H2,1-3H3. The van der Waals surface area contributed by atoms with Gasteiger partial charge in [0.25, 0.3) is 0 Å². The van der Waals surface area contributed by atoms with Crippen LogP contribution in [0.3, 0.4) is 0 Å². The first-order valence-electron chi connectivity index (χ1n) is 11.1. The topological polar surface area (TPSA) is 54.0 Å². The molecule has 0 N–H and O–H groups in total. The Bertz CT molecular complexity index is 872. The molecule has 2 aromatic rings. The van der Waals surface area contributed by atoms with Crippen LogP contribution in [0.2, 0.25) is 0 Å². The van der Waals surface area contributed by atoms with Crippen LogP contribution in [0.5, 0.6) is 5.75 Å². The molecule has 0 aliphatic carbocycles. The molecule has 3 heterocycles. The number of likely N-dealkylation sites (tertiary alicyclic amines) is 1. The second-order valence-corrected chi connectivity index (χ2v) is 8.29. The number of hydrogen-bond acceptors (Lipinski definition) is 7. The van der Waals surface area contributed by atoms with Crippen LogP contribution in [0.15, 0.2) is 30.3 Å². The minimum absolute atomic E-state index is 0.502. The number of rotatable bonds is 6. The van der Waals surface area contributed by atoms with Gasteiger partial charge in [-0.25, -0.2) is 9.97 Å². The summed E-state index contributed by atoms with van der Waals surface area (Å²) < 4.78 is 10.8. The monoisotopic (exact) mass is 423 g/mol. The highest BCUT2D eigenvalue weighted by atomic mass is 16.5. The van der Waals surface area contributed by atoms with Gasteiger partial charge in [0, 0.05) is 32.2 Å². The first-order chi connectivity index (χ1) is 15.1. The highest BCUT2D eigenvalue weighted by Gasteiger charge is 2.23. The molecule has 4 rings (SSSR count). The summed E-state index contributed by atoms with van der Waals surface area (Å²) in [6.07, 6.45) is 6.36. The number of anilines is 2. The van der Waals surface area contributed by atoms with Gasteiger partial charge in [0.2, 0.25) is 0 Å². The summed E-state index contributed by atoms with van der Waals surface area (Å²) in [5.74, 6) is 3.54. The van der Waals surface area contributed by atoms with Crippen LogP contribution in [0.25, 0.3) is 12.2 Å². The van der Waals surface area contributed by atoms with Crippen molar-refractivity contribution in [2.75, 3.05) is 70.4 Å². The van der Waals surface area contributed by atoms with Crippen LogP contribution in [-0.2, 0) is 4.74 Å². The van der Waals surface area contributed by atoms with Crippen LogP contribution in [0.4, 0.5) is 11.6 Å². The van der Waals surface area contributed by atoms with Gasteiger partial charge in [0.05, 0.1) is 20.3 Å². The maximum Gasteiger partial charge on any atom is 0.156 e. The molecule has 0 unspecified atom stereocenters. The third kappa shape index (κ3) is 5.54. The molecule has 0 radical (unpaired) electrons. The van der Waals surface area contributed by atoms with Crippen LogP contribution >= 0.6 is 0 Å². The Labute approximate surface area is 185 Å².